The highest BCUT2D eigenvalue weighted by atomic mass is 32.2. The van der Waals surface area contributed by atoms with E-state index in [1.807, 2.05) is 31.2 Å². The van der Waals surface area contributed by atoms with Crippen LogP contribution in [0, 0.1) is 0 Å². The molecule has 0 amide bonds. The first kappa shape index (κ1) is 12.9. The maximum Gasteiger partial charge on any atom is 0.318 e. The third kappa shape index (κ3) is 4.57. The Kier molecular flexibility index (Phi) is 5.78. The monoisotopic (exact) mass is 240 g/mol. The van der Waals surface area contributed by atoms with Crippen LogP contribution in [-0.2, 0) is 8.98 Å². The van der Waals surface area contributed by atoms with Gasteiger partial charge in [-0.3, -0.25) is 4.79 Å². The van der Waals surface area contributed by atoms with Crippen molar-refractivity contribution in [2.45, 2.75) is 31.1 Å². The van der Waals surface area contributed by atoms with Crippen molar-refractivity contribution in [3.63, 3.8) is 0 Å². The van der Waals surface area contributed by atoms with Crippen LogP contribution in [0.2, 0.25) is 0 Å². The Morgan fingerprint density at radius 3 is 2.56 bits per heavy atom. The number of carbonyl (C=O) groups excluding carboxylic acids is 1. The van der Waals surface area contributed by atoms with Gasteiger partial charge in [0.1, 0.15) is 5.75 Å². The number of hydrogen-bond donors (Lipinski definition) is 0. The number of hydrogen-bond acceptors (Lipinski definition) is 4. The minimum atomic E-state index is -0.164. The van der Waals surface area contributed by atoms with Crippen LogP contribution in [0.5, 0.6) is 5.75 Å². The molecule has 0 saturated carbocycles. The summed E-state index contributed by atoms with van der Waals surface area (Å²) in [4.78, 5) is 12.1. The molecule has 0 fully saturated rings. The Labute approximate surface area is 100 Å². The maximum atomic E-state index is 11.2. The lowest BCUT2D eigenvalue weighted by Crippen LogP contribution is -1.97. The second-order valence-electron chi connectivity index (χ2n) is 3.32. The summed E-state index contributed by atoms with van der Waals surface area (Å²) in [5.41, 5.74) is 0. The highest BCUT2D eigenvalue weighted by Crippen LogP contribution is 2.22. The van der Waals surface area contributed by atoms with Crippen molar-refractivity contribution in [2.75, 3.05) is 7.11 Å². The van der Waals surface area contributed by atoms with Crippen LogP contribution in [0.3, 0.4) is 0 Å². The second-order valence-corrected chi connectivity index (χ2v) is 4.12. The Bertz CT molecular complexity index is 322. The summed E-state index contributed by atoms with van der Waals surface area (Å²) < 4.78 is 10.1. The molecule has 0 aromatic heterocycles. The van der Waals surface area contributed by atoms with Gasteiger partial charge in [0.2, 0.25) is 0 Å². The third-order valence-electron chi connectivity index (χ3n) is 2.02. The van der Waals surface area contributed by atoms with Crippen LogP contribution < -0.4 is 4.74 Å². The zero-order valence-electron chi connectivity index (χ0n) is 9.56. The normalized spacial score (nSPS) is 9.88. The standard InChI is InChI=1S/C12H16O3S/c1-3-4-5-12(13)15-16-11-8-6-10(14-2)7-9-11/h6-9H,3-5H2,1-2H3. The molecule has 1 rings (SSSR count). The molecule has 0 saturated heterocycles. The predicted molar refractivity (Wildman–Crippen MR) is 64.5 cm³/mol. The molecular weight excluding hydrogens is 224 g/mol. The molecule has 0 radical (unpaired) electrons. The molecule has 0 spiro atoms. The van der Waals surface area contributed by atoms with Gasteiger partial charge in [-0.2, -0.15) is 0 Å². The number of carbonyl (C=O) groups is 1. The Morgan fingerprint density at radius 1 is 1.31 bits per heavy atom. The lowest BCUT2D eigenvalue weighted by molar-refractivity contribution is -0.133. The van der Waals surface area contributed by atoms with Crippen molar-refractivity contribution in [3.8, 4) is 5.75 Å². The van der Waals surface area contributed by atoms with Gasteiger partial charge in [-0.15, -0.1) is 0 Å². The van der Waals surface area contributed by atoms with Crippen molar-refractivity contribution in [1.29, 1.82) is 0 Å². The van der Waals surface area contributed by atoms with Gasteiger partial charge < -0.3 is 8.92 Å². The topological polar surface area (TPSA) is 35.5 Å². The summed E-state index contributed by atoms with van der Waals surface area (Å²) in [6, 6.07) is 7.39. The van der Waals surface area contributed by atoms with E-state index in [0.717, 1.165) is 35.5 Å². The van der Waals surface area contributed by atoms with Crippen LogP contribution in [-0.4, -0.2) is 13.1 Å². The second kappa shape index (κ2) is 7.17. The van der Waals surface area contributed by atoms with E-state index in [1.54, 1.807) is 7.11 Å². The molecule has 4 heteroatoms. The predicted octanol–water partition coefficient (Wildman–Crippen LogP) is 3.44. The summed E-state index contributed by atoms with van der Waals surface area (Å²) in [6.45, 7) is 2.05. The summed E-state index contributed by atoms with van der Waals surface area (Å²) >= 11 is 1.09. The van der Waals surface area contributed by atoms with Gasteiger partial charge in [-0.25, -0.2) is 0 Å². The van der Waals surface area contributed by atoms with Crippen LogP contribution in [0.1, 0.15) is 26.2 Å². The van der Waals surface area contributed by atoms with E-state index in [0.29, 0.717) is 6.42 Å². The highest BCUT2D eigenvalue weighted by molar-refractivity contribution is 7.95. The van der Waals surface area contributed by atoms with Gasteiger partial charge >= 0.3 is 5.97 Å². The summed E-state index contributed by atoms with van der Waals surface area (Å²) in [7, 11) is 1.62. The molecule has 0 aliphatic carbocycles. The highest BCUT2D eigenvalue weighted by Gasteiger charge is 2.04. The minimum Gasteiger partial charge on any atom is -0.497 e. The molecule has 3 nitrogen and oxygen atoms in total. The zero-order chi connectivity index (χ0) is 11.8. The molecule has 0 bridgehead atoms. The SMILES string of the molecule is CCCCC(=O)OSc1ccc(OC)cc1. The molecule has 0 unspecified atom stereocenters. The first-order valence-corrected chi connectivity index (χ1v) is 6.02. The van der Waals surface area contributed by atoms with Crippen molar-refractivity contribution < 1.29 is 13.7 Å². The number of methoxy groups -OCH3 is 1. The average molecular weight is 240 g/mol. The molecule has 0 heterocycles. The van der Waals surface area contributed by atoms with Crippen LogP contribution in [0.15, 0.2) is 29.2 Å². The Balaban J connectivity index is 2.33. The number of unbranched alkanes of at least 4 members (excludes halogenated alkanes) is 1. The minimum absolute atomic E-state index is 0.164. The number of benzene rings is 1. The zero-order valence-corrected chi connectivity index (χ0v) is 10.4. The van der Waals surface area contributed by atoms with Crippen molar-refractivity contribution >= 4 is 18.0 Å². The smallest absolute Gasteiger partial charge is 0.318 e. The van der Waals surface area contributed by atoms with Crippen LogP contribution >= 0.6 is 12.0 Å². The molecule has 1 aromatic carbocycles. The molecular formula is C12H16O3S. The summed E-state index contributed by atoms with van der Waals surface area (Å²) in [5, 5.41) is 0. The van der Waals surface area contributed by atoms with Gasteiger partial charge in [0.05, 0.1) is 19.2 Å². The quantitative estimate of drug-likeness (QED) is 0.714. The first-order valence-electron chi connectivity index (χ1n) is 5.27. The molecule has 88 valence electrons. The van der Waals surface area contributed by atoms with E-state index in [9.17, 15) is 4.79 Å². The lowest BCUT2D eigenvalue weighted by atomic mass is 10.3. The van der Waals surface area contributed by atoms with E-state index < -0.39 is 0 Å². The van der Waals surface area contributed by atoms with Gasteiger partial charge in [0.25, 0.3) is 0 Å². The summed E-state index contributed by atoms with van der Waals surface area (Å²) in [5.74, 6) is 0.629. The first-order chi connectivity index (χ1) is 7.76. The molecule has 16 heavy (non-hydrogen) atoms. The summed E-state index contributed by atoms with van der Waals surface area (Å²) in [6.07, 6.45) is 2.37. The van der Waals surface area contributed by atoms with Crippen molar-refractivity contribution in [1.82, 2.24) is 0 Å². The lowest BCUT2D eigenvalue weighted by Gasteiger charge is -2.03. The number of rotatable bonds is 6. The fourth-order valence-corrected chi connectivity index (χ4v) is 1.61. The molecule has 1 aromatic rings. The van der Waals surface area contributed by atoms with E-state index in [-0.39, 0.29) is 5.97 Å². The van der Waals surface area contributed by atoms with E-state index in [2.05, 4.69) is 0 Å². The number of ether oxygens (including phenoxy) is 1. The van der Waals surface area contributed by atoms with E-state index in [4.69, 9.17) is 8.92 Å². The molecule has 0 N–H and O–H groups in total. The fourth-order valence-electron chi connectivity index (χ4n) is 1.09. The van der Waals surface area contributed by atoms with Crippen LogP contribution in [0.25, 0.3) is 0 Å². The van der Waals surface area contributed by atoms with Gasteiger partial charge in [-0.05, 0) is 30.7 Å². The van der Waals surface area contributed by atoms with Crippen LogP contribution in [0.4, 0.5) is 0 Å². The largest absolute Gasteiger partial charge is 0.497 e. The van der Waals surface area contributed by atoms with E-state index in [1.165, 1.54) is 0 Å². The maximum absolute atomic E-state index is 11.2. The van der Waals surface area contributed by atoms with E-state index >= 15 is 0 Å². The van der Waals surface area contributed by atoms with Gasteiger partial charge in [0, 0.05) is 11.3 Å². The fraction of sp³-hybridized carbons (Fsp3) is 0.417. The average Bonchev–Trinajstić information content (AvgIpc) is 2.34. The molecule has 0 atom stereocenters. The Hall–Kier alpha value is -1.16. The van der Waals surface area contributed by atoms with Crippen molar-refractivity contribution in [2.24, 2.45) is 0 Å². The third-order valence-corrected chi connectivity index (χ3v) is 2.76. The van der Waals surface area contributed by atoms with Crippen molar-refractivity contribution in [3.05, 3.63) is 24.3 Å². The molecule has 0 aliphatic heterocycles. The van der Waals surface area contributed by atoms with Gasteiger partial charge in [0.15, 0.2) is 0 Å². The molecule has 0 aliphatic rings. The van der Waals surface area contributed by atoms with Gasteiger partial charge in [-0.1, -0.05) is 13.3 Å². The Morgan fingerprint density at radius 2 is 2.00 bits per heavy atom.